The van der Waals surface area contributed by atoms with Crippen molar-refractivity contribution in [2.75, 3.05) is 5.32 Å². The second-order valence-corrected chi connectivity index (χ2v) is 6.94. The highest BCUT2D eigenvalue weighted by atomic mass is 16.1. The van der Waals surface area contributed by atoms with Crippen LogP contribution in [0.25, 0.3) is 22.3 Å². The molecule has 0 saturated carbocycles. The molecule has 0 unspecified atom stereocenters. The standard InChI is InChI=1S/C25H18N2O/c28-25(27-20-9-3-7-17(14-20)19-8-5-13-26-16-19)23-12-4-11-22-21-10-2-1-6-18(21)15-24(22)23/h1-14,16H,15H2,(H,27,28). The average Bonchev–Trinajstić information content (AvgIpc) is 3.13. The van der Waals surface area contributed by atoms with Crippen LogP contribution >= 0.6 is 0 Å². The smallest absolute Gasteiger partial charge is 0.255 e. The van der Waals surface area contributed by atoms with Crippen LogP contribution in [0.3, 0.4) is 0 Å². The van der Waals surface area contributed by atoms with E-state index in [1.54, 1.807) is 6.20 Å². The number of pyridine rings is 1. The van der Waals surface area contributed by atoms with Gasteiger partial charge in [0.25, 0.3) is 5.91 Å². The van der Waals surface area contributed by atoms with Crippen molar-refractivity contribution >= 4 is 11.6 Å². The number of amides is 1. The summed E-state index contributed by atoms with van der Waals surface area (Å²) in [6.07, 6.45) is 4.37. The second kappa shape index (κ2) is 6.78. The Morgan fingerprint density at radius 1 is 0.821 bits per heavy atom. The van der Waals surface area contributed by atoms with Gasteiger partial charge in [-0.05, 0) is 58.5 Å². The van der Waals surface area contributed by atoms with Gasteiger partial charge in [0.05, 0.1) is 0 Å². The third-order valence-electron chi connectivity index (χ3n) is 5.21. The fraction of sp³-hybridized carbons (Fsp3) is 0.0400. The molecule has 134 valence electrons. The van der Waals surface area contributed by atoms with Gasteiger partial charge in [-0.15, -0.1) is 0 Å². The largest absolute Gasteiger partial charge is 0.322 e. The van der Waals surface area contributed by atoms with Gasteiger partial charge in [0.15, 0.2) is 0 Å². The topological polar surface area (TPSA) is 42.0 Å². The first-order valence-electron chi connectivity index (χ1n) is 9.31. The first-order valence-corrected chi connectivity index (χ1v) is 9.31. The maximum absolute atomic E-state index is 13.0. The molecule has 1 heterocycles. The Kier molecular flexibility index (Phi) is 3.99. The van der Waals surface area contributed by atoms with Crippen molar-refractivity contribution in [1.29, 1.82) is 0 Å². The zero-order valence-corrected chi connectivity index (χ0v) is 15.2. The minimum Gasteiger partial charge on any atom is -0.322 e. The summed E-state index contributed by atoms with van der Waals surface area (Å²) in [4.78, 5) is 17.2. The molecule has 4 aromatic rings. The number of rotatable bonds is 3. The highest BCUT2D eigenvalue weighted by Crippen LogP contribution is 2.38. The summed E-state index contributed by atoms with van der Waals surface area (Å²) in [6.45, 7) is 0. The van der Waals surface area contributed by atoms with Crippen LogP contribution in [0.4, 0.5) is 5.69 Å². The zero-order chi connectivity index (χ0) is 18.9. The number of nitrogens with zero attached hydrogens (tertiary/aromatic N) is 1. The van der Waals surface area contributed by atoms with Crippen molar-refractivity contribution in [3.05, 3.63) is 108 Å². The first-order chi connectivity index (χ1) is 13.8. The van der Waals surface area contributed by atoms with Crippen LogP contribution in [0.2, 0.25) is 0 Å². The summed E-state index contributed by atoms with van der Waals surface area (Å²) in [7, 11) is 0. The second-order valence-electron chi connectivity index (χ2n) is 6.94. The van der Waals surface area contributed by atoms with E-state index in [-0.39, 0.29) is 5.91 Å². The molecule has 0 spiro atoms. The van der Waals surface area contributed by atoms with Crippen LogP contribution < -0.4 is 5.32 Å². The van der Waals surface area contributed by atoms with Gasteiger partial charge < -0.3 is 5.32 Å². The third kappa shape index (κ3) is 2.87. The molecule has 3 heteroatoms. The lowest BCUT2D eigenvalue weighted by Gasteiger charge is -2.11. The molecule has 1 aromatic heterocycles. The minimum absolute atomic E-state index is 0.0759. The zero-order valence-electron chi connectivity index (χ0n) is 15.2. The van der Waals surface area contributed by atoms with Crippen LogP contribution in [0.5, 0.6) is 0 Å². The van der Waals surface area contributed by atoms with Crippen molar-refractivity contribution in [2.45, 2.75) is 6.42 Å². The van der Waals surface area contributed by atoms with E-state index in [0.717, 1.165) is 39.9 Å². The number of nitrogens with one attached hydrogen (secondary N) is 1. The van der Waals surface area contributed by atoms with E-state index in [0.29, 0.717) is 0 Å². The molecule has 3 nitrogen and oxygen atoms in total. The van der Waals surface area contributed by atoms with Gasteiger partial charge >= 0.3 is 0 Å². The lowest BCUT2D eigenvalue weighted by molar-refractivity contribution is 0.102. The number of carbonyl (C=O) groups excluding carboxylic acids is 1. The van der Waals surface area contributed by atoms with Gasteiger partial charge in [0.1, 0.15) is 0 Å². The monoisotopic (exact) mass is 362 g/mol. The molecular formula is C25H18N2O. The Labute approximate surface area is 163 Å². The van der Waals surface area contributed by atoms with E-state index < -0.39 is 0 Å². The molecule has 0 bridgehead atoms. The number of fused-ring (bicyclic) bond motifs is 3. The molecule has 5 rings (SSSR count). The summed E-state index contributed by atoms with van der Waals surface area (Å²) in [5.74, 6) is -0.0759. The molecular weight excluding hydrogens is 344 g/mol. The van der Waals surface area contributed by atoms with Crippen LogP contribution in [0.15, 0.2) is 91.3 Å². The molecule has 3 aromatic carbocycles. The highest BCUT2D eigenvalue weighted by molar-refractivity contribution is 6.07. The van der Waals surface area contributed by atoms with E-state index in [2.05, 4.69) is 28.5 Å². The molecule has 0 aliphatic heterocycles. The number of hydrogen-bond donors (Lipinski definition) is 1. The number of aromatic nitrogens is 1. The van der Waals surface area contributed by atoms with E-state index in [4.69, 9.17) is 0 Å². The van der Waals surface area contributed by atoms with Crippen molar-refractivity contribution < 1.29 is 4.79 Å². The van der Waals surface area contributed by atoms with Gasteiger partial charge in [-0.2, -0.15) is 0 Å². The van der Waals surface area contributed by atoms with Gasteiger partial charge in [-0.25, -0.2) is 0 Å². The fourth-order valence-corrected chi connectivity index (χ4v) is 3.88. The maximum Gasteiger partial charge on any atom is 0.255 e. The maximum atomic E-state index is 13.0. The molecule has 0 atom stereocenters. The van der Waals surface area contributed by atoms with Crippen LogP contribution in [0, 0.1) is 0 Å². The Morgan fingerprint density at radius 3 is 2.54 bits per heavy atom. The summed E-state index contributed by atoms with van der Waals surface area (Å²) in [6, 6.07) is 26.1. The van der Waals surface area contributed by atoms with Crippen LogP contribution in [0.1, 0.15) is 21.5 Å². The molecule has 0 saturated heterocycles. The molecule has 28 heavy (non-hydrogen) atoms. The molecule has 1 N–H and O–H groups in total. The molecule has 1 amide bonds. The van der Waals surface area contributed by atoms with Crippen molar-refractivity contribution in [2.24, 2.45) is 0 Å². The van der Waals surface area contributed by atoms with Gasteiger partial charge in [0, 0.05) is 29.2 Å². The predicted octanol–water partition coefficient (Wildman–Crippen LogP) is 5.57. The quantitative estimate of drug-likeness (QED) is 0.456. The predicted molar refractivity (Wildman–Crippen MR) is 112 cm³/mol. The van der Waals surface area contributed by atoms with Gasteiger partial charge in [0.2, 0.25) is 0 Å². The lowest BCUT2D eigenvalue weighted by Crippen LogP contribution is -2.14. The third-order valence-corrected chi connectivity index (χ3v) is 5.21. The minimum atomic E-state index is -0.0759. The fourth-order valence-electron chi connectivity index (χ4n) is 3.88. The number of hydrogen-bond acceptors (Lipinski definition) is 2. The number of carbonyl (C=O) groups is 1. The molecule has 0 radical (unpaired) electrons. The SMILES string of the molecule is O=C(Nc1cccc(-c2cccnc2)c1)c1cccc2c1Cc1ccccc1-2. The normalized spacial score (nSPS) is 11.6. The number of benzene rings is 3. The average molecular weight is 362 g/mol. The summed E-state index contributed by atoms with van der Waals surface area (Å²) in [5.41, 5.74) is 8.32. The Hall–Kier alpha value is -3.72. The van der Waals surface area contributed by atoms with Crippen LogP contribution in [-0.2, 0) is 6.42 Å². The number of anilines is 1. The van der Waals surface area contributed by atoms with Gasteiger partial charge in [-0.3, -0.25) is 9.78 Å². The summed E-state index contributed by atoms with van der Waals surface area (Å²) < 4.78 is 0. The molecule has 0 fully saturated rings. The highest BCUT2D eigenvalue weighted by Gasteiger charge is 2.23. The molecule has 1 aliphatic rings. The van der Waals surface area contributed by atoms with E-state index >= 15 is 0 Å². The summed E-state index contributed by atoms with van der Waals surface area (Å²) in [5, 5.41) is 3.07. The Balaban J connectivity index is 1.45. The lowest BCUT2D eigenvalue weighted by atomic mass is 10.0. The van der Waals surface area contributed by atoms with Crippen molar-refractivity contribution in [3.8, 4) is 22.3 Å². The van der Waals surface area contributed by atoms with E-state index in [1.807, 2.05) is 66.9 Å². The summed E-state index contributed by atoms with van der Waals surface area (Å²) >= 11 is 0. The first kappa shape index (κ1) is 16.5. The van der Waals surface area contributed by atoms with Crippen LogP contribution in [-0.4, -0.2) is 10.9 Å². The van der Waals surface area contributed by atoms with Crippen molar-refractivity contribution in [3.63, 3.8) is 0 Å². The van der Waals surface area contributed by atoms with E-state index in [9.17, 15) is 4.79 Å². The van der Waals surface area contributed by atoms with Crippen molar-refractivity contribution in [1.82, 2.24) is 4.98 Å². The Morgan fingerprint density at radius 2 is 1.64 bits per heavy atom. The van der Waals surface area contributed by atoms with E-state index in [1.165, 1.54) is 11.1 Å². The molecule has 1 aliphatic carbocycles. The Bertz CT molecular complexity index is 1180. The van der Waals surface area contributed by atoms with Gasteiger partial charge in [-0.1, -0.05) is 54.6 Å².